The Labute approximate surface area is 223 Å². The summed E-state index contributed by atoms with van der Waals surface area (Å²) >= 11 is 0. The van der Waals surface area contributed by atoms with Crippen molar-refractivity contribution in [2.45, 2.75) is 91.6 Å². The number of carbonyl (C=O) groups excluding carboxylic acids is 1. The maximum atomic E-state index is 12.8. The summed E-state index contributed by atoms with van der Waals surface area (Å²) in [5, 5.41) is 0. The lowest BCUT2D eigenvalue weighted by Crippen LogP contribution is -2.55. The second-order valence-corrected chi connectivity index (χ2v) is 11.2. The van der Waals surface area contributed by atoms with Crippen molar-refractivity contribution in [2.24, 2.45) is 10.8 Å². The molecular formula is C32H44O5. The van der Waals surface area contributed by atoms with Crippen LogP contribution in [0.25, 0.3) is 0 Å². The minimum Gasteiger partial charge on any atom is -0.497 e. The van der Waals surface area contributed by atoms with E-state index in [9.17, 15) is 4.79 Å². The molecule has 5 heteroatoms. The van der Waals surface area contributed by atoms with Crippen LogP contribution in [0.3, 0.4) is 0 Å². The van der Waals surface area contributed by atoms with Crippen LogP contribution in [0.4, 0.5) is 4.79 Å². The van der Waals surface area contributed by atoms with Crippen molar-refractivity contribution in [3.05, 3.63) is 77.9 Å². The first-order valence-corrected chi connectivity index (χ1v) is 13.3. The SMILES string of the molecule is C=CC[C@@]1(C)C([C@@H]2OC(=O)O[C@@]2(CC=C(C)C)C(C)(C)/C=C/C)=CCC[C@@H]1OCc1ccc(OC)cc1. The first kappa shape index (κ1) is 28.8. The van der Waals surface area contributed by atoms with Gasteiger partial charge in [0, 0.05) is 17.3 Å². The van der Waals surface area contributed by atoms with Gasteiger partial charge >= 0.3 is 6.16 Å². The largest absolute Gasteiger partial charge is 0.509 e. The van der Waals surface area contributed by atoms with E-state index in [1.165, 1.54) is 5.57 Å². The maximum absolute atomic E-state index is 12.8. The molecule has 1 aromatic rings. The first-order chi connectivity index (χ1) is 17.5. The summed E-state index contributed by atoms with van der Waals surface area (Å²) in [5.74, 6) is 0.822. The summed E-state index contributed by atoms with van der Waals surface area (Å²) in [7, 11) is 1.66. The van der Waals surface area contributed by atoms with Crippen molar-refractivity contribution >= 4 is 6.16 Å². The molecule has 1 heterocycles. The van der Waals surface area contributed by atoms with Gasteiger partial charge in [-0.1, -0.05) is 68.9 Å². The minimum atomic E-state index is -0.889. The molecule has 0 saturated carbocycles. The number of cyclic esters (lactones) is 2. The molecule has 0 radical (unpaired) electrons. The number of carbonyl (C=O) groups is 1. The van der Waals surface area contributed by atoms with E-state index in [0.29, 0.717) is 19.4 Å². The van der Waals surface area contributed by atoms with Gasteiger partial charge in [0.25, 0.3) is 0 Å². The van der Waals surface area contributed by atoms with Crippen molar-refractivity contribution in [1.82, 2.24) is 0 Å². The zero-order valence-electron chi connectivity index (χ0n) is 23.6. The molecule has 0 unspecified atom stereocenters. The van der Waals surface area contributed by atoms with E-state index in [4.69, 9.17) is 18.9 Å². The molecule has 0 aromatic heterocycles. The topological polar surface area (TPSA) is 54.0 Å². The number of hydrogen-bond donors (Lipinski definition) is 0. The molecule has 1 aromatic carbocycles. The third-order valence-electron chi connectivity index (χ3n) is 8.01. The standard InChI is InChI=1S/C32H44O5/c1-9-19-30(5,6)32(21-18-23(3)4)28(36-29(33)37-32)26-12-11-13-27(31(26,7)20-10-2)35-22-24-14-16-25(34-8)17-15-24/h9-10,12,14-19,27-28H,2,11,13,20-22H2,1,3-8H3/b19-9+/t27-,28-,31-,32+/m0/s1. The van der Waals surface area contributed by atoms with Crippen LogP contribution in [0.2, 0.25) is 0 Å². The lowest BCUT2D eigenvalue weighted by Gasteiger charge is -2.49. The summed E-state index contributed by atoms with van der Waals surface area (Å²) in [6.07, 6.45) is 12.2. The number of benzene rings is 1. The van der Waals surface area contributed by atoms with E-state index in [1.807, 2.05) is 43.3 Å². The van der Waals surface area contributed by atoms with Crippen molar-refractivity contribution < 1.29 is 23.7 Å². The number of ether oxygens (including phenoxy) is 4. The van der Waals surface area contributed by atoms with Crippen LogP contribution in [0.5, 0.6) is 5.75 Å². The molecule has 1 aliphatic heterocycles. The molecule has 0 amide bonds. The first-order valence-electron chi connectivity index (χ1n) is 13.3. The highest BCUT2D eigenvalue weighted by Gasteiger charge is 2.62. The lowest BCUT2D eigenvalue weighted by molar-refractivity contribution is -0.0678. The van der Waals surface area contributed by atoms with Crippen LogP contribution >= 0.6 is 0 Å². The van der Waals surface area contributed by atoms with E-state index >= 15 is 0 Å². The van der Waals surface area contributed by atoms with Crippen LogP contribution in [-0.4, -0.2) is 31.1 Å². The third kappa shape index (κ3) is 5.87. The van der Waals surface area contributed by atoms with Crippen LogP contribution in [0.15, 0.2) is 72.4 Å². The molecule has 2 aliphatic rings. The van der Waals surface area contributed by atoms with E-state index in [2.05, 4.69) is 59.4 Å². The van der Waals surface area contributed by atoms with Gasteiger partial charge in [-0.25, -0.2) is 4.79 Å². The highest BCUT2D eigenvalue weighted by atomic mass is 16.8. The van der Waals surface area contributed by atoms with Gasteiger partial charge in [0.15, 0.2) is 11.7 Å². The van der Waals surface area contributed by atoms with Gasteiger partial charge in [-0.15, -0.1) is 6.58 Å². The quantitative estimate of drug-likeness (QED) is 0.223. The van der Waals surface area contributed by atoms with E-state index in [1.54, 1.807) is 7.11 Å². The Hall–Kier alpha value is -2.79. The maximum Gasteiger partial charge on any atom is 0.509 e. The molecule has 5 nitrogen and oxygen atoms in total. The highest BCUT2D eigenvalue weighted by Crippen LogP contribution is 2.55. The Balaban J connectivity index is 2.01. The second kappa shape index (κ2) is 11.7. The number of methoxy groups -OCH3 is 1. The highest BCUT2D eigenvalue weighted by molar-refractivity contribution is 5.65. The molecule has 1 aliphatic carbocycles. The Kier molecular flexibility index (Phi) is 9.12. The van der Waals surface area contributed by atoms with Crippen LogP contribution < -0.4 is 4.74 Å². The molecular weight excluding hydrogens is 464 g/mol. The van der Waals surface area contributed by atoms with Gasteiger partial charge in [-0.3, -0.25) is 0 Å². The monoisotopic (exact) mass is 508 g/mol. The molecule has 3 rings (SSSR count). The van der Waals surface area contributed by atoms with Crippen LogP contribution in [0.1, 0.15) is 72.8 Å². The van der Waals surface area contributed by atoms with E-state index < -0.39 is 28.7 Å². The normalized spacial score (nSPS) is 27.9. The van der Waals surface area contributed by atoms with Crippen molar-refractivity contribution in [2.75, 3.05) is 7.11 Å². The van der Waals surface area contributed by atoms with Gasteiger partial charge in [0.1, 0.15) is 5.75 Å². The van der Waals surface area contributed by atoms with Gasteiger partial charge in [-0.05, 0) is 63.3 Å². The molecule has 37 heavy (non-hydrogen) atoms. The molecule has 0 N–H and O–H groups in total. The number of hydrogen-bond acceptors (Lipinski definition) is 5. The van der Waals surface area contributed by atoms with Crippen LogP contribution in [0, 0.1) is 10.8 Å². The summed E-state index contributed by atoms with van der Waals surface area (Å²) in [4.78, 5) is 12.8. The average Bonchev–Trinajstić information content (AvgIpc) is 3.20. The third-order valence-corrected chi connectivity index (χ3v) is 8.01. The minimum absolute atomic E-state index is 0.0714. The Morgan fingerprint density at radius 2 is 1.92 bits per heavy atom. The fraction of sp³-hybridized carbons (Fsp3) is 0.531. The van der Waals surface area contributed by atoms with Crippen molar-refractivity contribution in [1.29, 1.82) is 0 Å². The second-order valence-electron chi connectivity index (χ2n) is 11.2. The van der Waals surface area contributed by atoms with Gasteiger partial charge in [0.05, 0.1) is 19.8 Å². The molecule has 202 valence electrons. The Morgan fingerprint density at radius 1 is 1.22 bits per heavy atom. The van der Waals surface area contributed by atoms with E-state index in [-0.39, 0.29) is 6.10 Å². The fourth-order valence-corrected chi connectivity index (χ4v) is 5.80. The number of allylic oxidation sites excluding steroid dienone is 4. The molecule has 0 spiro atoms. The predicted molar refractivity (Wildman–Crippen MR) is 149 cm³/mol. The van der Waals surface area contributed by atoms with Crippen molar-refractivity contribution in [3.63, 3.8) is 0 Å². The smallest absolute Gasteiger partial charge is 0.497 e. The Bertz CT molecular complexity index is 1040. The molecule has 1 saturated heterocycles. The van der Waals surface area contributed by atoms with Gasteiger partial charge < -0.3 is 18.9 Å². The molecule has 0 bridgehead atoms. The predicted octanol–water partition coefficient (Wildman–Crippen LogP) is 8.12. The fourth-order valence-electron chi connectivity index (χ4n) is 5.80. The van der Waals surface area contributed by atoms with Crippen LogP contribution in [-0.2, 0) is 20.8 Å². The summed E-state index contributed by atoms with van der Waals surface area (Å²) < 4.78 is 24.1. The van der Waals surface area contributed by atoms with Crippen molar-refractivity contribution in [3.8, 4) is 5.75 Å². The molecule has 1 fully saturated rings. The summed E-state index contributed by atoms with van der Waals surface area (Å²) in [5.41, 5.74) is 1.54. The summed E-state index contributed by atoms with van der Waals surface area (Å²) in [6, 6.07) is 7.95. The Morgan fingerprint density at radius 3 is 2.51 bits per heavy atom. The lowest BCUT2D eigenvalue weighted by atomic mass is 9.60. The van der Waals surface area contributed by atoms with E-state index in [0.717, 1.165) is 29.7 Å². The summed E-state index contributed by atoms with van der Waals surface area (Å²) in [6.45, 7) is 17.1. The van der Waals surface area contributed by atoms with Gasteiger partial charge in [0.2, 0.25) is 0 Å². The zero-order chi connectivity index (χ0) is 27.3. The number of rotatable bonds is 11. The molecule has 4 atom stereocenters. The zero-order valence-corrected chi connectivity index (χ0v) is 23.6. The average molecular weight is 509 g/mol. The van der Waals surface area contributed by atoms with Gasteiger partial charge in [-0.2, -0.15) is 0 Å².